The maximum atomic E-state index is 14.5. The molecule has 0 unspecified atom stereocenters. The summed E-state index contributed by atoms with van der Waals surface area (Å²) in [5, 5.41) is 3.21. The SMILES string of the molecule is Cc1c(CNc2ccc(CCC(=O)ON)c(F)c2)ccc2c1N(c1ccccc1)CCS2(=O)=O. The van der Waals surface area contributed by atoms with Gasteiger partial charge < -0.3 is 15.1 Å². The molecule has 3 N–H and O–H groups in total. The number of fused-ring (bicyclic) bond motifs is 1. The number of nitrogens with one attached hydrogen (secondary N) is 1. The van der Waals surface area contributed by atoms with Crippen molar-refractivity contribution >= 4 is 32.9 Å². The standard InChI is InChI=1S/C25H26FN3O4S/c1-17-19(16-28-20-10-7-18(22(26)15-20)9-12-24(30)33-27)8-11-23-25(17)29(13-14-34(23,31)32)21-5-3-2-4-6-21/h2-8,10-11,15,28H,9,12-14,16,27H2,1H3. The van der Waals surface area contributed by atoms with Crippen LogP contribution in [-0.4, -0.2) is 26.7 Å². The first-order valence-electron chi connectivity index (χ1n) is 10.9. The molecule has 0 atom stereocenters. The highest BCUT2D eigenvalue weighted by Crippen LogP contribution is 2.39. The van der Waals surface area contributed by atoms with Gasteiger partial charge in [-0.1, -0.05) is 30.3 Å². The molecule has 0 amide bonds. The number of para-hydroxylation sites is 1. The van der Waals surface area contributed by atoms with Crippen LogP contribution in [0.25, 0.3) is 0 Å². The Morgan fingerprint density at radius 1 is 1.12 bits per heavy atom. The molecular formula is C25H26FN3O4S. The van der Waals surface area contributed by atoms with Crippen LogP contribution in [0.5, 0.6) is 0 Å². The predicted molar refractivity (Wildman–Crippen MR) is 129 cm³/mol. The summed E-state index contributed by atoms with van der Waals surface area (Å²) in [6.07, 6.45) is 0.186. The monoisotopic (exact) mass is 483 g/mol. The molecule has 0 saturated carbocycles. The van der Waals surface area contributed by atoms with Gasteiger partial charge in [-0.15, -0.1) is 0 Å². The summed E-state index contributed by atoms with van der Waals surface area (Å²) in [7, 11) is -3.37. The van der Waals surface area contributed by atoms with Gasteiger partial charge in [0.15, 0.2) is 9.84 Å². The number of rotatable bonds is 7. The van der Waals surface area contributed by atoms with E-state index in [4.69, 9.17) is 5.90 Å². The van der Waals surface area contributed by atoms with Gasteiger partial charge in [0.05, 0.1) is 22.8 Å². The Labute approximate surface area is 198 Å². The topological polar surface area (TPSA) is 102 Å². The fourth-order valence-electron chi connectivity index (χ4n) is 4.15. The minimum absolute atomic E-state index is 0.00463. The van der Waals surface area contributed by atoms with Crippen molar-refractivity contribution in [3.05, 3.63) is 83.2 Å². The number of benzene rings is 3. The zero-order chi connectivity index (χ0) is 24.3. The van der Waals surface area contributed by atoms with Crippen LogP contribution >= 0.6 is 0 Å². The number of aryl methyl sites for hydroxylation is 1. The zero-order valence-corrected chi connectivity index (χ0v) is 19.6. The van der Waals surface area contributed by atoms with E-state index < -0.39 is 21.6 Å². The fraction of sp³-hybridized carbons (Fsp3) is 0.240. The normalized spacial score (nSPS) is 14.4. The van der Waals surface area contributed by atoms with Crippen molar-refractivity contribution in [2.24, 2.45) is 5.90 Å². The van der Waals surface area contributed by atoms with Gasteiger partial charge in [0, 0.05) is 24.5 Å². The quantitative estimate of drug-likeness (QED) is 0.490. The van der Waals surface area contributed by atoms with Crippen molar-refractivity contribution in [1.82, 2.24) is 0 Å². The minimum atomic E-state index is -3.37. The lowest BCUT2D eigenvalue weighted by Gasteiger charge is -2.33. The molecule has 7 nitrogen and oxygen atoms in total. The lowest BCUT2D eigenvalue weighted by molar-refractivity contribution is -0.144. The Morgan fingerprint density at radius 3 is 2.56 bits per heavy atom. The van der Waals surface area contributed by atoms with E-state index in [2.05, 4.69) is 10.2 Å². The summed E-state index contributed by atoms with van der Waals surface area (Å²) in [4.78, 5) is 17.7. The van der Waals surface area contributed by atoms with Crippen molar-refractivity contribution < 1.29 is 22.4 Å². The Kier molecular flexibility index (Phi) is 6.85. The van der Waals surface area contributed by atoms with Crippen molar-refractivity contribution in [1.29, 1.82) is 0 Å². The van der Waals surface area contributed by atoms with Crippen molar-refractivity contribution in [3.8, 4) is 0 Å². The molecule has 178 valence electrons. The Hall–Kier alpha value is -3.43. The number of nitrogens with two attached hydrogens (primary N) is 1. The van der Waals surface area contributed by atoms with E-state index in [1.807, 2.05) is 42.2 Å². The van der Waals surface area contributed by atoms with Crippen LogP contribution in [-0.2, 0) is 32.4 Å². The van der Waals surface area contributed by atoms with Crippen LogP contribution < -0.4 is 16.1 Å². The highest BCUT2D eigenvalue weighted by Gasteiger charge is 2.31. The Bertz CT molecular complexity index is 1310. The second-order valence-electron chi connectivity index (χ2n) is 8.15. The lowest BCUT2D eigenvalue weighted by Crippen LogP contribution is -2.32. The van der Waals surface area contributed by atoms with Gasteiger partial charge >= 0.3 is 5.97 Å². The number of carbonyl (C=O) groups is 1. The molecule has 0 fully saturated rings. The molecule has 1 heterocycles. The second-order valence-corrected chi connectivity index (χ2v) is 10.2. The molecule has 1 aliphatic rings. The summed E-state index contributed by atoms with van der Waals surface area (Å²) >= 11 is 0. The van der Waals surface area contributed by atoms with Crippen LogP contribution in [0.3, 0.4) is 0 Å². The van der Waals surface area contributed by atoms with Gasteiger partial charge in [-0.05, 0) is 60.4 Å². The molecule has 9 heteroatoms. The molecule has 0 saturated heterocycles. The highest BCUT2D eigenvalue weighted by molar-refractivity contribution is 7.91. The van der Waals surface area contributed by atoms with Crippen molar-refractivity contribution in [2.75, 3.05) is 22.5 Å². The smallest absolute Gasteiger partial charge is 0.324 e. The summed E-state index contributed by atoms with van der Waals surface area (Å²) in [6, 6.07) is 17.9. The molecule has 3 aromatic carbocycles. The average Bonchev–Trinajstić information content (AvgIpc) is 2.83. The number of sulfone groups is 1. The molecule has 0 radical (unpaired) electrons. The third-order valence-corrected chi connectivity index (χ3v) is 7.75. The number of anilines is 3. The van der Waals surface area contributed by atoms with E-state index in [0.29, 0.717) is 34.9 Å². The van der Waals surface area contributed by atoms with Crippen molar-refractivity contribution in [3.63, 3.8) is 0 Å². The van der Waals surface area contributed by atoms with E-state index in [1.165, 1.54) is 6.07 Å². The number of hydrogen-bond donors (Lipinski definition) is 2. The van der Waals surface area contributed by atoms with Gasteiger partial charge in [-0.2, -0.15) is 5.90 Å². The van der Waals surface area contributed by atoms with Crippen LogP contribution in [0.1, 0.15) is 23.1 Å². The van der Waals surface area contributed by atoms with E-state index >= 15 is 0 Å². The van der Waals surface area contributed by atoms with Gasteiger partial charge in [-0.3, -0.25) is 4.79 Å². The van der Waals surface area contributed by atoms with Crippen LogP contribution in [0.4, 0.5) is 21.5 Å². The van der Waals surface area contributed by atoms with Gasteiger partial charge in [0.1, 0.15) is 5.82 Å². The first kappa shape index (κ1) is 23.7. The van der Waals surface area contributed by atoms with E-state index in [0.717, 1.165) is 16.8 Å². The average molecular weight is 484 g/mol. The molecule has 34 heavy (non-hydrogen) atoms. The third kappa shape index (κ3) is 4.90. The molecular weight excluding hydrogens is 457 g/mol. The van der Waals surface area contributed by atoms with E-state index in [9.17, 15) is 17.6 Å². The molecule has 3 aromatic rings. The fourth-order valence-corrected chi connectivity index (χ4v) is 5.62. The summed E-state index contributed by atoms with van der Waals surface area (Å²) in [6.45, 7) is 2.67. The second kappa shape index (κ2) is 9.82. The van der Waals surface area contributed by atoms with Gasteiger partial charge in [0.2, 0.25) is 0 Å². The molecule has 0 aliphatic carbocycles. The van der Waals surface area contributed by atoms with E-state index in [1.54, 1.807) is 24.3 Å². The largest absolute Gasteiger partial charge is 0.381 e. The number of carbonyl (C=O) groups excluding carboxylic acids is 1. The number of nitrogens with zero attached hydrogens (tertiary/aromatic N) is 1. The minimum Gasteiger partial charge on any atom is -0.381 e. The maximum Gasteiger partial charge on any atom is 0.324 e. The zero-order valence-electron chi connectivity index (χ0n) is 18.8. The number of hydrogen-bond acceptors (Lipinski definition) is 7. The van der Waals surface area contributed by atoms with E-state index in [-0.39, 0.29) is 18.6 Å². The Morgan fingerprint density at radius 2 is 1.85 bits per heavy atom. The molecule has 0 bridgehead atoms. The molecule has 1 aliphatic heterocycles. The Balaban J connectivity index is 1.57. The van der Waals surface area contributed by atoms with Crippen LogP contribution in [0.2, 0.25) is 0 Å². The van der Waals surface area contributed by atoms with Crippen molar-refractivity contribution in [2.45, 2.75) is 31.2 Å². The summed E-state index contributed by atoms with van der Waals surface area (Å²) < 4.78 is 40.0. The highest BCUT2D eigenvalue weighted by atomic mass is 32.2. The summed E-state index contributed by atoms with van der Waals surface area (Å²) in [5.41, 5.74) is 4.35. The maximum absolute atomic E-state index is 14.5. The van der Waals surface area contributed by atoms with Crippen LogP contribution in [0.15, 0.2) is 65.6 Å². The predicted octanol–water partition coefficient (Wildman–Crippen LogP) is 4.02. The first-order chi connectivity index (χ1) is 16.3. The van der Waals surface area contributed by atoms with Gasteiger partial charge in [-0.25, -0.2) is 12.8 Å². The molecule has 0 aromatic heterocycles. The lowest BCUT2D eigenvalue weighted by atomic mass is 10.0. The number of halogens is 1. The summed E-state index contributed by atoms with van der Waals surface area (Å²) in [5.74, 6) is 3.84. The van der Waals surface area contributed by atoms with Gasteiger partial charge in [0.25, 0.3) is 0 Å². The van der Waals surface area contributed by atoms with Crippen LogP contribution in [0, 0.1) is 12.7 Å². The third-order valence-electron chi connectivity index (χ3n) is 6.03. The molecule has 4 rings (SSSR count). The first-order valence-corrected chi connectivity index (χ1v) is 12.5. The molecule has 0 spiro atoms.